The molecule has 0 atom stereocenters. The highest BCUT2D eigenvalue weighted by atomic mass is 32.1. The van der Waals surface area contributed by atoms with Crippen molar-refractivity contribution in [2.24, 2.45) is 0 Å². The zero-order valence-corrected chi connectivity index (χ0v) is 10.9. The Morgan fingerprint density at radius 3 is 2.18 bits per heavy atom. The quantitative estimate of drug-likeness (QED) is 0.561. The zero-order chi connectivity index (χ0) is 12.8. The Kier molecular flexibility index (Phi) is 4.71. The third-order valence-electron chi connectivity index (χ3n) is 1.93. The van der Waals surface area contributed by atoms with Crippen molar-refractivity contribution < 1.29 is 4.79 Å². The topological polar surface area (TPSA) is 56.4 Å². The Morgan fingerprint density at radius 2 is 1.71 bits per heavy atom. The summed E-state index contributed by atoms with van der Waals surface area (Å²) in [5, 5.41) is 3.72. The summed E-state index contributed by atoms with van der Waals surface area (Å²) in [6.45, 7) is 1.44. The Balaban J connectivity index is 2.56. The third-order valence-corrected chi connectivity index (χ3v) is 2.39. The SMILES string of the molecule is CC(=O)NNc1ccc(NC(=S)N(C)C)cc1. The monoisotopic (exact) mass is 252 g/mol. The van der Waals surface area contributed by atoms with E-state index in [1.165, 1.54) is 6.92 Å². The van der Waals surface area contributed by atoms with Crippen LogP contribution in [0.4, 0.5) is 11.4 Å². The van der Waals surface area contributed by atoms with Gasteiger partial charge in [0.05, 0.1) is 5.69 Å². The first-order valence-corrected chi connectivity index (χ1v) is 5.51. The van der Waals surface area contributed by atoms with Crippen molar-refractivity contribution in [2.45, 2.75) is 6.92 Å². The van der Waals surface area contributed by atoms with Crippen LogP contribution in [-0.4, -0.2) is 30.0 Å². The molecule has 1 aromatic rings. The van der Waals surface area contributed by atoms with Gasteiger partial charge in [0.15, 0.2) is 5.11 Å². The molecule has 0 aliphatic carbocycles. The van der Waals surface area contributed by atoms with Crippen molar-refractivity contribution in [1.29, 1.82) is 0 Å². The predicted octanol–water partition coefficient (Wildman–Crippen LogP) is 1.41. The largest absolute Gasteiger partial charge is 0.355 e. The molecule has 0 radical (unpaired) electrons. The lowest BCUT2D eigenvalue weighted by molar-refractivity contribution is -0.118. The van der Waals surface area contributed by atoms with Gasteiger partial charge in [-0.05, 0) is 36.5 Å². The molecule has 0 unspecified atom stereocenters. The van der Waals surface area contributed by atoms with Crippen LogP contribution in [0.1, 0.15) is 6.92 Å². The molecule has 0 bridgehead atoms. The number of hydrogen-bond acceptors (Lipinski definition) is 3. The first-order valence-electron chi connectivity index (χ1n) is 5.10. The number of hydrazine groups is 1. The summed E-state index contributed by atoms with van der Waals surface area (Å²) in [4.78, 5) is 12.5. The molecule has 1 aromatic carbocycles. The standard InChI is InChI=1S/C11H16N4OS/c1-8(16)13-14-10-6-4-9(5-7-10)12-11(17)15(2)3/h4-7,14H,1-3H3,(H,12,17)(H,13,16). The summed E-state index contributed by atoms with van der Waals surface area (Å²) in [5.41, 5.74) is 6.98. The van der Waals surface area contributed by atoms with Crippen LogP contribution < -0.4 is 16.2 Å². The second kappa shape index (κ2) is 6.05. The number of thiocarbonyl (C=S) groups is 1. The van der Waals surface area contributed by atoms with Crippen LogP contribution in [-0.2, 0) is 4.79 Å². The fraction of sp³-hybridized carbons (Fsp3) is 0.273. The molecule has 5 nitrogen and oxygen atoms in total. The van der Waals surface area contributed by atoms with E-state index in [1.54, 1.807) is 0 Å². The molecule has 17 heavy (non-hydrogen) atoms. The molecular formula is C11H16N4OS. The minimum Gasteiger partial charge on any atom is -0.355 e. The smallest absolute Gasteiger partial charge is 0.235 e. The van der Waals surface area contributed by atoms with E-state index < -0.39 is 0 Å². The van der Waals surface area contributed by atoms with Crippen molar-refractivity contribution in [2.75, 3.05) is 24.8 Å². The summed E-state index contributed by atoms with van der Waals surface area (Å²) >= 11 is 5.12. The van der Waals surface area contributed by atoms with Crippen LogP contribution in [0, 0.1) is 0 Å². The van der Waals surface area contributed by atoms with E-state index in [4.69, 9.17) is 12.2 Å². The van der Waals surface area contributed by atoms with Gasteiger partial charge in [-0.3, -0.25) is 15.6 Å². The highest BCUT2D eigenvalue weighted by Crippen LogP contribution is 2.13. The Morgan fingerprint density at radius 1 is 1.18 bits per heavy atom. The number of anilines is 2. The fourth-order valence-corrected chi connectivity index (χ4v) is 1.15. The maximum absolute atomic E-state index is 10.7. The molecule has 0 aliphatic heterocycles. The second-order valence-electron chi connectivity index (χ2n) is 3.71. The fourth-order valence-electron chi connectivity index (χ4n) is 1.03. The van der Waals surface area contributed by atoms with Gasteiger partial charge in [-0.2, -0.15) is 0 Å². The summed E-state index contributed by atoms with van der Waals surface area (Å²) in [5.74, 6) is -0.138. The average Bonchev–Trinajstić information content (AvgIpc) is 2.28. The van der Waals surface area contributed by atoms with Crippen molar-refractivity contribution in [1.82, 2.24) is 10.3 Å². The molecule has 1 rings (SSSR count). The van der Waals surface area contributed by atoms with Crippen molar-refractivity contribution in [3.8, 4) is 0 Å². The van der Waals surface area contributed by atoms with Crippen molar-refractivity contribution in [3.63, 3.8) is 0 Å². The number of carbonyl (C=O) groups is 1. The number of hydrogen-bond donors (Lipinski definition) is 3. The number of carbonyl (C=O) groups excluding carboxylic acids is 1. The normalized spacial score (nSPS) is 9.35. The van der Waals surface area contributed by atoms with Crippen LogP contribution in [0.5, 0.6) is 0 Å². The van der Waals surface area contributed by atoms with E-state index in [0.717, 1.165) is 11.4 Å². The minimum atomic E-state index is -0.138. The van der Waals surface area contributed by atoms with Crippen LogP contribution in [0.2, 0.25) is 0 Å². The van der Waals surface area contributed by atoms with E-state index in [0.29, 0.717) is 5.11 Å². The van der Waals surface area contributed by atoms with Crippen LogP contribution in [0.3, 0.4) is 0 Å². The highest BCUT2D eigenvalue weighted by molar-refractivity contribution is 7.80. The number of nitrogens with one attached hydrogen (secondary N) is 3. The molecule has 1 amide bonds. The summed E-state index contributed by atoms with van der Waals surface area (Å²) in [6.07, 6.45) is 0. The predicted molar refractivity (Wildman–Crippen MR) is 73.8 cm³/mol. The molecule has 0 spiro atoms. The maximum atomic E-state index is 10.7. The summed E-state index contributed by atoms with van der Waals surface area (Å²) in [6, 6.07) is 7.44. The van der Waals surface area contributed by atoms with Gasteiger partial charge in [-0.15, -0.1) is 0 Å². The molecule has 92 valence electrons. The molecule has 0 fully saturated rings. The second-order valence-corrected chi connectivity index (χ2v) is 4.09. The molecular weight excluding hydrogens is 236 g/mol. The van der Waals surface area contributed by atoms with Crippen molar-refractivity contribution in [3.05, 3.63) is 24.3 Å². The van der Waals surface area contributed by atoms with E-state index in [1.807, 2.05) is 43.3 Å². The van der Waals surface area contributed by atoms with Crippen LogP contribution in [0.25, 0.3) is 0 Å². The van der Waals surface area contributed by atoms with Crippen LogP contribution in [0.15, 0.2) is 24.3 Å². The first-order chi connectivity index (χ1) is 7.99. The Labute approximate surface area is 106 Å². The van der Waals surface area contributed by atoms with Gasteiger partial charge in [0.2, 0.25) is 5.91 Å². The summed E-state index contributed by atoms with van der Waals surface area (Å²) < 4.78 is 0. The lowest BCUT2D eigenvalue weighted by Gasteiger charge is -2.15. The first kappa shape index (κ1) is 13.2. The average molecular weight is 252 g/mol. The van der Waals surface area contributed by atoms with Gasteiger partial charge >= 0.3 is 0 Å². The van der Waals surface area contributed by atoms with E-state index in [9.17, 15) is 4.79 Å². The van der Waals surface area contributed by atoms with Gasteiger partial charge in [0.25, 0.3) is 0 Å². The zero-order valence-electron chi connectivity index (χ0n) is 10.1. The highest BCUT2D eigenvalue weighted by Gasteiger charge is 1.99. The summed E-state index contributed by atoms with van der Waals surface area (Å²) in [7, 11) is 3.75. The van der Waals surface area contributed by atoms with Gasteiger partial charge in [-0.25, -0.2) is 0 Å². The molecule has 0 saturated carbocycles. The number of nitrogens with zero attached hydrogens (tertiary/aromatic N) is 1. The molecule has 0 aromatic heterocycles. The molecule has 0 heterocycles. The minimum absolute atomic E-state index is 0.138. The number of rotatable bonds is 3. The molecule has 6 heteroatoms. The van der Waals surface area contributed by atoms with E-state index >= 15 is 0 Å². The van der Waals surface area contributed by atoms with Gasteiger partial charge < -0.3 is 10.2 Å². The van der Waals surface area contributed by atoms with Gasteiger partial charge in [0.1, 0.15) is 0 Å². The maximum Gasteiger partial charge on any atom is 0.235 e. The third kappa shape index (κ3) is 4.69. The van der Waals surface area contributed by atoms with Crippen LogP contribution >= 0.6 is 12.2 Å². The molecule has 0 saturated heterocycles. The molecule has 0 aliphatic rings. The Hall–Kier alpha value is -1.82. The van der Waals surface area contributed by atoms with Gasteiger partial charge in [-0.1, -0.05) is 0 Å². The number of benzene rings is 1. The lowest BCUT2D eigenvalue weighted by Crippen LogP contribution is -2.27. The molecule has 3 N–H and O–H groups in total. The Bertz CT molecular complexity index is 402. The lowest BCUT2D eigenvalue weighted by atomic mass is 10.3. The van der Waals surface area contributed by atoms with Crippen molar-refractivity contribution >= 4 is 34.6 Å². The number of amides is 1. The van der Waals surface area contributed by atoms with Gasteiger partial charge in [0, 0.05) is 26.7 Å². The van der Waals surface area contributed by atoms with E-state index in [-0.39, 0.29) is 5.91 Å². The van der Waals surface area contributed by atoms with E-state index in [2.05, 4.69) is 16.2 Å².